The van der Waals surface area contributed by atoms with E-state index in [0.717, 1.165) is 37.7 Å². The van der Waals surface area contributed by atoms with Crippen LogP contribution in [0.5, 0.6) is 0 Å². The highest BCUT2D eigenvalue weighted by molar-refractivity contribution is 5.78. The molecule has 0 radical (unpaired) electrons. The summed E-state index contributed by atoms with van der Waals surface area (Å²) in [6, 6.07) is 0. The Bertz CT molecular complexity index is 580. The zero-order valence-electron chi connectivity index (χ0n) is 15.9. The number of esters is 1. The van der Waals surface area contributed by atoms with Crippen LogP contribution in [0.2, 0.25) is 0 Å². The fourth-order valence-electron chi connectivity index (χ4n) is 5.82. The lowest BCUT2D eigenvalue weighted by molar-refractivity contribution is -0.179. The minimum atomic E-state index is -0.452. The number of carbonyl (C=O) groups excluding carboxylic acids is 1. The molecule has 0 spiro atoms. The normalized spacial score (nSPS) is 47.4. The van der Waals surface area contributed by atoms with Crippen molar-refractivity contribution in [2.75, 3.05) is 7.11 Å². The Hall–Kier alpha value is -1.09. The van der Waals surface area contributed by atoms with Crippen LogP contribution in [0.1, 0.15) is 59.8 Å². The molecule has 6 atom stereocenters. The third-order valence-corrected chi connectivity index (χ3v) is 7.81. The van der Waals surface area contributed by atoms with E-state index in [4.69, 9.17) is 9.47 Å². The molecule has 134 valence electrons. The molecule has 0 unspecified atom stereocenters. The first-order chi connectivity index (χ1) is 11.3. The van der Waals surface area contributed by atoms with E-state index in [1.54, 1.807) is 0 Å². The van der Waals surface area contributed by atoms with Crippen LogP contribution in [0.15, 0.2) is 24.3 Å². The molecule has 3 nitrogen and oxygen atoms in total. The minimum absolute atomic E-state index is 0.0401. The number of fused-ring (bicyclic) bond motifs is 3. The molecule has 3 heteroatoms. The molecule has 1 aliphatic heterocycles. The molecule has 2 saturated carbocycles. The number of hydrogen-bond acceptors (Lipinski definition) is 3. The fraction of sp³-hybridized carbons (Fsp3) is 0.762. The van der Waals surface area contributed by atoms with Gasteiger partial charge in [0.15, 0.2) is 0 Å². The Kier molecular flexibility index (Phi) is 4.23. The highest BCUT2D eigenvalue weighted by Crippen LogP contribution is 2.70. The summed E-state index contributed by atoms with van der Waals surface area (Å²) in [5, 5.41) is 0. The van der Waals surface area contributed by atoms with E-state index in [0.29, 0.717) is 17.9 Å². The number of carbonyl (C=O) groups is 1. The van der Waals surface area contributed by atoms with E-state index in [1.165, 1.54) is 7.11 Å². The van der Waals surface area contributed by atoms with Gasteiger partial charge in [0.25, 0.3) is 0 Å². The summed E-state index contributed by atoms with van der Waals surface area (Å²) in [5.41, 5.74) is 0.658. The van der Waals surface area contributed by atoms with Crippen LogP contribution in [0, 0.1) is 22.7 Å². The second-order valence-electron chi connectivity index (χ2n) is 8.59. The lowest BCUT2D eigenvalue weighted by Gasteiger charge is -2.58. The Morgan fingerprint density at radius 2 is 2.04 bits per heavy atom. The van der Waals surface area contributed by atoms with Gasteiger partial charge >= 0.3 is 5.97 Å². The number of hydrogen-bond donors (Lipinski definition) is 0. The zero-order chi connectivity index (χ0) is 17.8. The molecule has 1 saturated heterocycles. The molecule has 24 heavy (non-hydrogen) atoms. The van der Waals surface area contributed by atoms with Crippen LogP contribution in [-0.2, 0) is 14.3 Å². The maximum Gasteiger partial charge on any atom is 0.312 e. The average Bonchev–Trinajstić information content (AvgIpc) is 3.26. The topological polar surface area (TPSA) is 38.8 Å². The molecule has 3 aliphatic rings. The summed E-state index contributed by atoms with van der Waals surface area (Å²) < 4.78 is 11.5. The van der Waals surface area contributed by atoms with Crippen molar-refractivity contribution < 1.29 is 14.3 Å². The van der Waals surface area contributed by atoms with Gasteiger partial charge in [0.1, 0.15) is 0 Å². The predicted octanol–water partition coefficient (Wildman–Crippen LogP) is 4.67. The van der Waals surface area contributed by atoms with Crippen molar-refractivity contribution in [2.45, 2.75) is 71.5 Å². The summed E-state index contributed by atoms with van der Waals surface area (Å²) >= 11 is 0. The summed E-state index contributed by atoms with van der Waals surface area (Å²) in [5.74, 6) is 0.580. The first-order valence-electron chi connectivity index (χ1n) is 9.31. The number of allylic oxidation sites excluding steroid dienone is 3. The van der Waals surface area contributed by atoms with Gasteiger partial charge in [0, 0.05) is 5.41 Å². The van der Waals surface area contributed by atoms with Gasteiger partial charge in [-0.15, -0.1) is 0 Å². The molecule has 0 aromatic carbocycles. The molecule has 0 amide bonds. The van der Waals surface area contributed by atoms with Crippen LogP contribution in [0.25, 0.3) is 0 Å². The average molecular weight is 332 g/mol. The van der Waals surface area contributed by atoms with E-state index < -0.39 is 5.41 Å². The van der Waals surface area contributed by atoms with E-state index >= 15 is 0 Å². The van der Waals surface area contributed by atoms with Gasteiger partial charge in [-0.2, -0.15) is 0 Å². The van der Waals surface area contributed by atoms with Crippen LogP contribution in [0.4, 0.5) is 0 Å². The van der Waals surface area contributed by atoms with Crippen molar-refractivity contribution in [2.24, 2.45) is 22.7 Å². The van der Waals surface area contributed by atoms with E-state index in [9.17, 15) is 4.79 Å². The molecular weight excluding hydrogens is 300 g/mol. The molecule has 2 aliphatic carbocycles. The molecule has 0 bridgehead atoms. The number of rotatable bonds is 4. The minimum Gasteiger partial charge on any atom is -0.469 e. The number of ether oxygens (including phenoxy) is 2. The van der Waals surface area contributed by atoms with Crippen LogP contribution < -0.4 is 0 Å². The highest BCUT2D eigenvalue weighted by Gasteiger charge is 2.73. The monoisotopic (exact) mass is 332 g/mol. The van der Waals surface area contributed by atoms with Crippen molar-refractivity contribution in [3.05, 3.63) is 24.3 Å². The SMILES string of the molecule is C=C/C(C)=C\C[C@@]1(C(=O)OC)[C@H](C)CC[C@]2(C)[C@@H]1CC[C@H]1O[C@]12C. The lowest BCUT2D eigenvalue weighted by atomic mass is 9.44. The fourth-order valence-corrected chi connectivity index (χ4v) is 5.82. The molecule has 3 fully saturated rings. The Morgan fingerprint density at radius 3 is 2.67 bits per heavy atom. The number of methoxy groups -OCH3 is 1. The van der Waals surface area contributed by atoms with E-state index in [2.05, 4.69) is 33.4 Å². The lowest BCUT2D eigenvalue weighted by Crippen LogP contribution is -2.60. The van der Waals surface area contributed by atoms with Crippen molar-refractivity contribution in [1.29, 1.82) is 0 Å². The van der Waals surface area contributed by atoms with Gasteiger partial charge in [0.2, 0.25) is 0 Å². The smallest absolute Gasteiger partial charge is 0.312 e. The highest BCUT2D eigenvalue weighted by atomic mass is 16.6. The molecular formula is C21H32O3. The van der Waals surface area contributed by atoms with Crippen molar-refractivity contribution in [3.63, 3.8) is 0 Å². The largest absolute Gasteiger partial charge is 0.469 e. The standard InChI is InChI=1S/C21H32O3/c1-7-14(2)10-13-21(18(22)23-6)15(3)11-12-19(4)16(21)8-9-17-20(19,5)24-17/h7,10,15-17H,1,8-9,11-13H2,2-6H3/b14-10-/t15-,16+,17-,19-,20-,21-/m1/s1. The molecule has 0 N–H and O–H groups in total. The summed E-state index contributed by atoms with van der Waals surface area (Å²) in [4.78, 5) is 13.1. The third-order valence-electron chi connectivity index (χ3n) is 7.81. The maximum atomic E-state index is 13.1. The molecule has 3 rings (SSSR count). The van der Waals surface area contributed by atoms with Gasteiger partial charge < -0.3 is 9.47 Å². The van der Waals surface area contributed by atoms with Crippen molar-refractivity contribution >= 4 is 5.97 Å². The third kappa shape index (κ3) is 2.16. The Balaban J connectivity index is 2.07. The molecule has 1 heterocycles. The van der Waals surface area contributed by atoms with Gasteiger partial charge in [0.05, 0.1) is 24.2 Å². The summed E-state index contributed by atoms with van der Waals surface area (Å²) in [6.45, 7) is 12.7. The van der Waals surface area contributed by atoms with E-state index in [1.807, 2.05) is 13.0 Å². The second kappa shape index (κ2) is 5.72. The van der Waals surface area contributed by atoms with E-state index in [-0.39, 0.29) is 17.0 Å². The predicted molar refractivity (Wildman–Crippen MR) is 95.5 cm³/mol. The summed E-state index contributed by atoms with van der Waals surface area (Å²) in [6.07, 6.45) is 9.45. The number of epoxide rings is 1. The first-order valence-corrected chi connectivity index (χ1v) is 9.31. The zero-order valence-corrected chi connectivity index (χ0v) is 15.9. The Labute approximate surface area is 146 Å². The van der Waals surface area contributed by atoms with Crippen LogP contribution >= 0.6 is 0 Å². The van der Waals surface area contributed by atoms with Crippen LogP contribution in [0.3, 0.4) is 0 Å². The second-order valence-corrected chi connectivity index (χ2v) is 8.59. The van der Waals surface area contributed by atoms with Gasteiger partial charge in [-0.3, -0.25) is 4.79 Å². The van der Waals surface area contributed by atoms with Gasteiger partial charge in [-0.1, -0.05) is 38.2 Å². The van der Waals surface area contributed by atoms with Crippen molar-refractivity contribution in [1.82, 2.24) is 0 Å². The molecule has 0 aromatic rings. The van der Waals surface area contributed by atoms with Crippen LogP contribution in [-0.4, -0.2) is 24.8 Å². The quantitative estimate of drug-likeness (QED) is 0.426. The van der Waals surface area contributed by atoms with Gasteiger partial charge in [-0.05, 0) is 57.8 Å². The summed E-state index contributed by atoms with van der Waals surface area (Å²) in [7, 11) is 1.54. The maximum absolute atomic E-state index is 13.1. The Morgan fingerprint density at radius 1 is 1.33 bits per heavy atom. The van der Waals surface area contributed by atoms with Crippen molar-refractivity contribution in [3.8, 4) is 0 Å². The van der Waals surface area contributed by atoms with Gasteiger partial charge in [-0.25, -0.2) is 0 Å². The molecule has 0 aromatic heterocycles. The first kappa shape index (κ1) is 17.7.